The number of benzene rings is 1. The Hall–Kier alpha value is -4.32. The number of nitrogens with one attached hydrogen (secondary N) is 4. The number of amides is 1. The number of H-pyrrole nitrogens is 1. The Bertz CT molecular complexity index is 1370. The number of nitrogens with zero attached hydrogens (tertiary/aromatic N) is 3. The van der Waals surface area contributed by atoms with E-state index in [2.05, 4.69) is 38.9 Å². The van der Waals surface area contributed by atoms with E-state index in [9.17, 15) is 10.1 Å². The molecule has 0 spiro atoms. The number of carbonyl (C=O) groups excluding carboxylic acids is 1. The van der Waals surface area contributed by atoms with Crippen LogP contribution in [0.1, 0.15) is 30.9 Å². The van der Waals surface area contributed by atoms with Crippen LogP contribution in [-0.4, -0.2) is 33.5 Å². The number of hydrogen-bond acceptors (Lipinski definition) is 7. The van der Waals surface area contributed by atoms with E-state index in [1.165, 1.54) is 0 Å². The number of carbonyl (C=O) groups is 1. The number of fused-ring (bicyclic) bond motifs is 2. The molecule has 1 aliphatic carbocycles. The topological polar surface area (TPSA) is 128 Å². The van der Waals surface area contributed by atoms with Crippen LogP contribution in [0.5, 0.6) is 0 Å². The van der Waals surface area contributed by atoms with Crippen LogP contribution in [0.4, 0.5) is 23.1 Å². The van der Waals surface area contributed by atoms with Gasteiger partial charge in [0, 0.05) is 24.0 Å². The molecule has 2 aliphatic rings. The van der Waals surface area contributed by atoms with Crippen molar-refractivity contribution in [2.24, 2.45) is 0 Å². The van der Waals surface area contributed by atoms with Crippen LogP contribution in [0, 0.1) is 11.3 Å². The summed E-state index contributed by atoms with van der Waals surface area (Å²) in [5.41, 5.74) is 3.34. The molecule has 4 N–H and O–H groups in total. The predicted molar refractivity (Wildman–Crippen MR) is 126 cm³/mol. The monoisotopic (exact) mass is 441 g/mol. The van der Waals surface area contributed by atoms with Crippen LogP contribution in [0.3, 0.4) is 0 Å². The summed E-state index contributed by atoms with van der Waals surface area (Å²) >= 11 is 0. The Labute approximate surface area is 190 Å². The molecule has 1 amide bonds. The first-order chi connectivity index (χ1) is 16.0. The first kappa shape index (κ1) is 20.6. The fraction of sp³-hybridized carbons (Fsp3) is 0.250. The molecule has 1 aromatic carbocycles. The summed E-state index contributed by atoms with van der Waals surface area (Å²) < 4.78 is 5.30. The molecule has 0 saturated carbocycles. The number of hydrogen-bond donors (Lipinski definition) is 4. The van der Waals surface area contributed by atoms with Crippen molar-refractivity contribution >= 4 is 40.1 Å². The van der Waals surface area contributed by atoms with Crippen molar-refractivity contribution in [2.75, 3.05) is 23.1 Å². The first-order valence-corrected chi connectivity index (χ1v) is 10.7. The maximum Gasteiger partial charge on any atom is 0.231 e. The number of aromatic amines is 1. The van der Waals surface area contributed by atoms with Crippen molar-refractivity contribution in [3.8, 4) is 6.07 Å². The molecule has 2 aromatic heterocycles. The number of allylic oxidation sites excluding steroid dienone is 1. The Morgan fingerprint density at radius 2 is 2.15 bits per heavy atom. The van der Waals surface area contributed by atoms with Gasteiger partial charge in [-0.3, -0.25) is 4.79 Å². The highest BCUT2D eigenvalue weighted by molar-refractivity contribution is 5.95. The average Bonchev–Trinajstić information content (AvgIpc) is 3.23. The van der Waals surface area contributed by atoms with Gasteiger partial charge in [0.25, 0.3) is 0 Å². The molecule has 0 bridgehead atoms. The minimum absolute atomic E-state index is 0.0328. The highest BCUT2D eigenvalue weighted by atomic mass is 16.5. The smallest absolute Gasteiger partial charge is 0.231 e. The lowest BCUT2D eigenvalue weighted by molar-refractivity contribution is -0.116. The Balaban J connectivity index is 1.49. The van der Waals surface area contributed by atoms with Crippen LogP contribution in [0.15, 0.2) is 48.4 Å². The van der Waals surface area contributed by atoms with Crippen molar-refractivity contribution in [1.82, 2.24) is 15.0 Å². The second-order valence-electron chi connectivity index (χ2n) is 8.37. The zero-order valence-electron chi connectivity index (χ0n) is 18.3. The van der Waals surface area contributed by atoms with Gasteiger partial charge in [0.05, 0.1) is 23.6 Å². The predicted octanol–water partition coefficient (Wildman–Crippen LogP) is 4.12. The summed E-state index contributed by atoms with van der Waals surface area (Å²) in [6, 6.07) is 7.96. The zero-order chi connectivity index (χ0) is 23.0. The van der Waals surface area contributed by atoms with E-state index in [1.807, 2.05) is 36.4 Å². The van der Waals surface area contributed by atoms with E-state index in [0.29, 0.717) is 47.6 Å². The van der Waals surface area contributed by atoms with Gasteiger partial charge in [0.2, 0.25) is 11.9 Å². The van der Waals surface area contributed by atoms with Crippen LogP contribution in [-0.2, 0) is 16.0 Å². The molecule has 9 heteroatoms. The molecule has 3 heterocycles. The summed E-state index contributed by atoms with van der Waals surface area (Å²) in [5.74, 6) is 1.80. The molecular weight excluding hydrogens is 418 g/mol. The SMILES string of the molecule is COC1=CCC(C)(Nc2nc(Nc3ccc4c(c3)CCC(=O)N4)nc3[nH]cc(C#N)c23)C=C1. The Kier molecular flexibility index (Phi) is 4.98. The fourth-order valence-electron chi connectivity index (χ4n) is 4.09. The number of aryl methyl sites for hydroxylation is 1. The van der Waals surface area contributed by atoms with Crippen LogP contribution >= 0.6 is 0 Å². The quantitative estimate of drug-likeness (QED) is 0.469. The molecule has 166 valence electrons. The third-order valence-corrected chi connectivity index (χ3v) is 5.89. The lowest BCUT2D eigenvalue weighted by Crippen LogP contribution is -2.34. The molecule has 0 saturated heterocycles. The van der Waals surface area contributed by atoms with E-state index in [4.69, 9.17) is 9.72 Å². The third-order valence-electron chi connectivity index (χ3n) is 5.89. The van der Waals surface area contributed by atoms with Gasteiger partial charge in [-0.25, -0.2) is 0 Å². The van der Waals surface area contributed by atoms with E-state index in [0.717, 1.165) is 22.7 Å². The second-order valence-corrected chi connectivity index (χ2v) is 8.37. The van der Waals surface area contributed by atoms with Crippen molar-refractivity contribution in [3.05, 3.63) is 59.5 Å². The molecule has 1 unspecified atom stereocenters. The molecule has 5 rings (SSSR count). The normalized spacial score (nSPS) is 19.3. The molecule has 33 heavy (non-hydrogen) atoms. The fourth-order valence-corrected chi connectivity index (χ4v) is 4.09. The minimum Gasteiger partial charge on any atom is -0.497 e. The molecular formula is C24H23N7O2. The van der Waals surface area contributed by atoms with Gasteiger partial charge in [-0.1, -0.05) is 6.08 Å². The van der Waals surface area contributed by atoms with Gasteiger partial charge in [-0.05, 0) is 55.7 Å². The summed E-state index contributed by atoms with van der Waals surface area (Å²) in [6.07, 6.45) is 9.46. The number of nitriles is 1. The number of methoxy groups -OCH3 is 1. The third kappa shape index (κ3) is 3.99. The molecule has 1 aliphatic heterocycles. The highest BCUT2D eigenvalue weighted by Gasteiger charge is 2.26. The molecule has 9 nitrogen and oxygen atoms in total. The van der Waals surface area contributed by atoms with Crippen molar-refractivity contribution in [3.63, 3.8) is 0 Å². The van der Waals surface area contributed by atoms with Crippen molar-refractivity contribution in [1.29, 1.82) is 5.26 Å². The first-order valence-electron chi connectivity index (χ1n) is 10.7. The molecule has 0 fully saturated rings. The van der Waals surface area contributed by atoms with Crippen LogP contribution < -0.4 is 16.0 Å². The van der Waals surface area contributed by atoms with Crippen molar-refractivity contribution in [2.45, 2.75) is 31.7 Å². The molecule has 0 radical (unpaired) electrons. The zero-order valence-corrected chi connectivity index (χ0v) is 18.3. The van der Waals surface area contributed by atoms with Crippen LogP contribution in [0.2, 0.25) is 0 Å². The van der Waals surface area contributed by atoms with Crippen molar-refractivity contribution < 1.29 is 9.53 Å². The number of aromatic nitrogens is 3. The van der Waals surface area contributed by atoms with Gasteiger partial charge in [-0.2, -0.15) is 15.2 Å². The van der Waals surface area contributed by atoms with Gasteiger partial charge in [0.1, 0.15) is 23.3 Å². The number of anilines is 4. The Morgan fingerprint density at radius 3 is 2.91 bits per heavy atom. The summed E-state index contributed by atoms with van der Waals surface area (Å²) in [4.78, 5) is 24.0. The van der Waals surface area contributed by atoms with E-state index in [-0.39, 0.29) is 5.91 Å². The molecule has 1 atom stereocenters. The summed E-state index contributed by atoms with van der Waals surface area (Å²) in [6.45, 7) is 2.06. The Morgan fingerprint density at radius 1 is 1.27 bits per heavy atom. The minimum atomic E-state index is -0.408. The van der Waals surface area contributed by atoms with E-state index in [1.54, 1.807) is 13.3 Å². The van der Waals surface area contributed by atoms with Gasteiger partial charge < -0.3 is 25.7 Å². The number of rotatable bonds is 5. The van der Waals surface area contributed by atoms with Crippen LogP contribution in [0.25, 0.3) is 11.0 Å². The lowest BCUT2D eigenvalue weighted by atomic mass is 9.92. The second kappa shape index (κ2) is 7.98. The van der Waals surface area contributed by atoms with Gasteiger partial charge in [-0.15, -0.1) is 0 Å². The maximum absolute atomic E-state index is 11.6. The number of ether oxygens (including phenoxy) is 1. The average molecular weight is 441 g/mol. The summed E-state index contributed by atoms with van der Waals surface area (Å²) in [5, 5.41) is 19.9. The highest BCUT2D eigenvalue weighted by Crippen LogP contribution is 2.32. The largest absolute Gasteiger partial charge is 0.497 e. The van der Waals surface area contributed by atoms with Gasteiger partial charge in [0.15, 0.2) is 0 Å². The van der Waals surface area contributed by atoms with E-state index < -0.39 is 5.54 Å². The van der Waals surface area contributed by atoms with E-state index >= 15 is 0 Å². The lowest BCUT2D eigenvalue weighted by Gasteiger charge is -2.30. The summed E-state index contributed by atoms with van der Waals surface area (Å²) in [7, 11) is 1.64. The standard InChI is InChI=1S/C24H23N7O2/c1-24(9-7-17(33-2)8-10-24)31-22-20-15(12-25)13-26-21(20)29-23(30-22)27-16-4-5-18-14(11-16)3-6-19(32)28-18/h4-5,7-9,11,13H,3,6,10H2,1-2H3,(H,28,32)(H3,26,27,29,30,31). The van der Waals surface area contributed by atoms with Gasteiger partial charge >= 0.3 is 0 Å². The maximum atomic E-state index is 11.6. The molecule has 3 aromatic rings.